The van der Waals surface area contributed by atoms with Crippen molar-refractivity contribution in [1.82, 2.24) is 0 Å². The minimum atomic E-state index is -1.63. The van der Waals surface area contributed by atoms with Crippen molar-refractivity contribution in [3.8, 4) is 0 Å². The van der Waals surface area contributed by atoms with Crippen LogP contribution in [0.2, 0.25) is 0 Å². The monoisotopic (exact) mass is 355 g/mol. The molecule has 0 heterocycles. The summed E-state index contributed by atoms with van der Waals surface area (Å²) in [6.07, 6.45) is -1.03. The Balaban J connectivity index is -0.000000142. The molecule has 0 saturated heterocycles. The van der Waals surface area contributed by atoms with E-state index in [9.17, 15) is 19.8 Å². The largest absolute Gasteiger partial charge is 4.00 e. The molecule has 0 unspecified atom stereocenters. The fourth-order valence-corrected chi connectivity index (χ4v) is 0.118. The fourth-order valence-electron chi connectivity index (χ4n) is 0.118. The van der Waals surface area contributed by atoms with Crippen LogP contribution in [0.1, 0.15) is 6.42 Å². The van der Waals surface area contributed by atoms with Crippen LogP contribution in [-0.2, 0) is 30.7 Å². The van der Waals surface area contributed by atoms with Crippen molar-refractivity contribution in [3.05, 3.63) is 11.5 Å². The summed E-state index contributed by atoms with van der Waals surface area (Å²) in [5, 5.41) is 18.6. The van der Waals surface area contributed by atoms with Crippen molar-refractivity contribution < 1.29 is 40.9 Å². The fraction of sp³-hybridized carbons (Fsp3) is 0.600. The molecular formula is C5H8N2O4Pt. The molecule has 0 aliphatic carbocycles. The first-order valence-corrected chi connectivity index (χ1v) is 2.73. The average molecular weight is 355 g/mol. The van der Waals surface area contributed by atoms with Gasteiger partial charge in [-0.2, -0.15) is 13.1 Å². The third-order valence-corrected chi connectivity index (χ3v) is 0.414. The first-order chi connectivity index (χ1) is 5.04. The van der Waals surface area contributed by atoms with Crippen molar-refractivity contribution in [3.63, 3.8) is 0 Å². The Morgan fingerprint density at radius 1 is 1.00 bits per heavy atom. The SMILES string of the molecule is O=C([O-])CC(=O)[O-].[NH-]CC[NH-].[Pt+4]. The maximum atomic E-state index is 9.28. The molecule has 7 heteroatoms. The van der Waals surface area contributed by atoms with Crippen molar-refractivity contribution in [2.45, 2.75) is 6.42 Å². The number of rotatable bonds is 3. The van der Waals surface area contributed by atoms with E-state index in [4.69, 9.17) is 11.5 Å². The summed E-state index contributed by atoms with van der Waals surface area (Å²) < 4.78 is 0. The van der Waals surface area contributed by atoms with Crippen LogP contribution in [0.5, 0.6) is 0 Å². The molecule has 0 fully saturated rings. The minimum Gasteiger partial charge on any atom is -0.679 e. The maximum Gasteiger partial charge on any atom is 4.00 e. The number of carbonyl (C=O) groups excluding carboxylic acids is 2. The van der Waals surface area contributed by atoms with Crippen LogP contribution < -0.4 is 10.2 Å². The van der Waals surface area contributed by atoms with Gasteiger partial charge < -0.3 is 31.3 Å². The summed E-state index contributed by atoms with van der Waals surface area (Å²) in [5.74, 6) is -3.25. The molecule has 0 aromatic carbocycles. The number of carboxylic acids is 2. The summed E-state index contributed by atoms with van der Waals surface area (Å²) >= 11 is 0. The molecule has 0 rings (SSSR count). The summed E-state index contributed by atoms with van der Waals surface area (Å²) in [4.78, 5) is 18.6. The second-order valence-electron chi connectivity index (χ2n) is 1.42. The predicted molar refractivity (Wildman–Crippen MR) is 33.0 cm³/mol. The molecule has 0 bridgehead atoms. The molecule has 0 amide bonds. The average Bonchev–Trinajstić information content (AvgIpc) is 1.85. The molecule has 0 aromatic heterocycles. The molecule has 6 nitrogen and oxygen atoms in total. The second-order valence-corrected chi connectivity index (χ2v) is 1.42. The van der Waals surface area contributed by atoms with E-state index >= 15 is 0 Å². The van der Waals surface area contributed by atoms with Crippen molar-refractivity contribution >= 4 is 11.9 Å². The van der Waals surface area contributed by atoms with Crippen molar-refractivity contribution in [2.75, 3.05) is 13.1 Å². The Kier molecular flexibility index (Phi) is 19.3. The Bertz CT molecular complexity index is 117. The van der Waals surface area contributed by atoms with Crippen LogP contribution in [0.3, 0.4) is 0 Å². The Morgan fingerprint density at radius 3 is 1.25 bits per heavy atom. The summed E-state index contributed by atoms with van der Waals surface area (Å²) in [7, 11) is 0. The molecule has 0 saturated carbocycles. The summed E-state index contributed by atoms with van der Waals surface area (Å²) in [6.45, 7) is 0.472. The van der Waals surface area contributed by atoms with E-state index in [1.165, 1.54) is 0 Å². The van der Waals surface area contributed by atoms with Crippen LogP contribution in [0, 0.1) is 0 Å². The van der Waals surface area contributed by atoms with Gasteiger partial charge in [-0.25, -0.2) is 0 Å². The van der Waals surface area contributed by atoms with Gasteiger partial charge in [0.05, 0.1) is 0 Å². The third kappa shape index (κ3) is 33.7. The summed E-state index contributed by atoms with van der Waals surface area (Å²) in [6, 6.07) is 0. The number of hydrogen-bond donors (Lipinski definition) is 0. The quantitative estimate of drug-likeness (QED) is 0.541. The number of hydrogen-bond acceptors (Lipinski definition) is 4. The summed E-state index contributed by atoms with van der Waals surface area (Å²) in [5.41, 5.74) is 12.5. The van der Waals surface area contributed by atoms with Gasteiger partial charge in [-0.3, -0.25) is 0 Å². The van der Waals surface area contributed by atoms with E-state index in [2.05, 4.69) is 0 Å². The number of nitrogens with one attached hydrogen (secondary N) is 2. The van der Waals surface area contributed by atoms with Gasteiger partial charge in [0.25, 0.3) is 0 Å². The Morgan fingerprint density at radius 2 is 1.25 bits per heavy atom. The zero-order valence-corrected chi connectivity index (χ0v) is 8.34. The van der Waals surface area contributed by atoms with Crippen LogP contribution in [-0.4, -0.2) is 25.0 Å². The van der Waals surface area contributed by atoms with E-state index in [0.717, 1.165) is 0 Å². The standard InChI is InChI=1S/C3H4O4.C2H6N2.Pt/c4-2(5)1-3(6)7;3-1-2-4;/h1H2,(H,4,5)(H,6,7);3-4H,1-2H2;/q;-2;+4/p-2. The van der Waals surface area contributed by atoms with E-state index in [-0.39, 0.29) is 34.2 Å². The Hall–Kier alpha value is -0.452. The molecule has 0 aliphatic rings. The molecule has 0 spiro atoms. The molecule has 0 atom stereocenters. The van der Waals surface area contributed by atoms with Crippen molar-refractivity contribution in [2.24, 2.45) is 0 Å². The smallest absolute Gasteiger partial charge is 0.679 e. The molecular weight excluding hydrogens is 347 g/mol. The van der Waals surface area contributed by atoms with Crippen LogP contribution in [0.15, 0.2) is 0 Å². The van der Waals surface area contributed by atoms with E-state index in [1.807, 2.05) is 0 Å². The minimum absolute atomic E-state index is 0. The number of carboxylic acid groups (broad SMARTS) is 2. The third-order valence-electron chi connectivity index (χ3n) is 0.414. The van der Waals surface area contributed by atoms with Gasteiger partial charge in [0.1, 0.15) is 0 Å². The first-order valence-electron chi connectivity index (χ1n) is 2.73. The number of carbonyl (C=O) groups is 2. The predicted octanol–water partition coefficient (Wildman–Crippen LogP) is -2.04. The van der Waals surface area contributed by atoms with Gasteiger partial charge in [0, 0.05) is 18.4 Å². The normalized spacial score (nSPS) is 7.17. The van der Waals surface area contributed by atoms with Gasteiger partial charge in [0.15, 0.2) is 0 Å². The zero-order valence-electron chi connectivity index (χ0n) is 6.07. The molecule has 12 heavy (non-hydrogen) atoms. The molecule has 72 valence electrons. The molecule has 2 N–H and O–H groups in total. The van der Waals surface area contributed by atoms with E-state index in [1.54, 1.807) is 0 Å². The van der Waals surface area contributed by atoms with Crippen LogP contribution in [0.4, 0.5) is 0 Å². The Labute approximate surface area is 84.2 Å². The molecule has 0 aromatic rings. The van der Waals surface area contributed by atoms with Crippen molar-refractivity contribution in [1.29, 1.82) is 0 Å². The van der Waals surface area contributed by atoms with E-state index in [0.29, 0.717) is 0 Å². The molecule has 0 radical (unpaired) electrons. The second kappa shape index (κ2) is 13.2. The van der Waals surface area contributed by atoms with Crippen LogP contribution in [0.25, 0.3) is 11.5 Å². The molecule has 0 aliphatic heterocycles. The van der Waals surface area contributed by atoms with Gasteiger partial charge in [-0.15, -0.1) is 0 Å². The van der Waals surface area contributed by atoms with Gasteiger partial charge in [-0.1, -0.05) is 0 Å². The van der Waals surface area contributed by atoms with Crippen LogP contribution >= 0.6 is 0 Å². The first kappa shape index (κ1) is 17.6. The maximum absolute atomic E-state index is 9.28. The van der Waals surface area contributed by atoms with E-state index < -0.39 is 18.4 Å². The van der Waals surface area contributed by atoms with Gasteiger partial charge in [-0.05, 0) is 0 Å². The van der Waals surface area contributed by atoms with Gasteiger partial charge in [0.2, 0.25) is 0 Å². The zero-order chi connectivity index (χ0) is 9.28. The topological polar surface area (TPSA) is 128 Å². The number of aliphatic carboxylic acids is 2. The van der Waals surface area contributed by atoms with Gasteiger partial charge >= 0.3 is 21.1 Å².